The van der Waals surface area contributed by atoms with E-state index in [1.54, 1.807) is 0 Å². The Balaban J connectivity index is 2.02. The summed E-state index contributed by atoms with van der Waals surface area (Å²) in [6, 6.07) is 19.4. The molecule has 0 fully saturated rings. The standard InChI is InChI=1S/C18H19BrN2/c1-2-20-12-17-11-15-7-3-4-9-18(15)21(17)13-14-6-5-8-16(19)10-14/h3-11,20H,2,12-13H2,1H3. The first-order chi connectivity index (χ1) is 10.3. The van der Waals surface area contributed by atoms with Crippen molar-refractivity contribution >= 4 is 26.8 Å². The summed E-state index contributed by atoms with van der Waals surface area (Å²) < 4.78 is 3.53. The lowest BCUT2D eigenvalue weighted by Gasteiger charge is -2.12. The van der Waals surface area contributed by atoms with Crippen molar-refractivity contribution in [3.8, 4) is 0 Å². The first-order valence-corrected chi connectivity index (χ1v) is 8.09. The van der Waals surface area contributed by atoms with E-state index in [2.05, 4.69) is 87.3 Å². The number of aromatic nitrogens is 1. The maximum Gasteiger partial charge on any atom is 0.0486 e. The van der Waals surface area contributed by atoms with Crippen LogP contribution < -0.4 is 5.32 Å². The van der Waals surface area contributed by atoms with Gasteiger partial charge in [0.05, 0.1) is 0 Å². The van der Waals surface area contributed by atoms with Gasteiger partial charge in [0.1, 0.15) is 0 Å². The quantitative estimate of drug-likeness (QED) is 0.719. The van der Waals surface area contributed by atoms with Crippen LogP contribution in [0, 0.1) is 0 Å². The lowest BCUT2D eigenvalue weighted by atomic mass is 10.2. The minimum Gasteiger partial charge on any atom is -0.339 e. The van der Waals surface area contributed by atoms with Gasteiger partial charge in [-0.2, -0.15) is 0 Å². The molecule has 0 spiro atoms. The molecule has 1 N–H and O–H groups in total. The van der Waals surface area contributed by atoms with Crippen molar-refractivity contribution in [2.45, 2.75) is 20.0 Å². The monoisotopic (exact) mass is 342 g/mol. The Hall–Kier alpha value is -1.58. The van der Waals surface area contributed by atoms with Crippen molar-refractivity contribution in [2.24, 2.45) is 0 Å². The fourth-order valence-corrected chi connectivity index (χ4v) is 3.12. The summed E-state index contributed by atoms with van der Waals surface area (Å²) in [5.74, 6) is 0. The largest absolute Gasteiger partial charge is 0.339 e. The summed E-state index contributed by atoms with van der Waals surface area (Å²) >= 11 is 3.55. The topological polar surface area (TPSA) is 17.0 Å². The minimum atomic E-state index is 0.897. The lowest BCUT2D eigenvalue weighted by Crippen LogP contribution is -2.15. The van der Waals surface area contributed by atoms with Gasteiger partial charge in [0.2, 0.25) is 0 Å². The Bertz CT molecular complexity index is 746. The zero-order valence-corrected chi connectivity index (χ0v) is 13.7. The first-order valence-electron chi connectivity index (χ1n) is 7.30. The number of benzene rings is 2. The van der Waals surface area contributed by atoms with Crippen LogP contribution in [0.25, 0.3) is 10.9 Å². The van der Waals surface area contributed by atoms with Gasteiger partial charge in [0.25, 0.3) is 0 Å². The molecule has 21 heavy (non-hydrogen) atoms. The second kappa shape index (κ2) is 6.46. The molecule has 3 heteroatoms. The number of halogens is 1. The van der Waals surface area contributed by atoms with Crippen LogP contribution in [-0.2, 0) is 13.1 Å². The van der Waals surface area contributed by atoms with Gasteiger partial charge >= 0.3 is 0 Å². The molecule has 3 aromatic rings. The van der Waals surface area contributed by atoms with Crippen LogP contribution in [0.3, 0.4) is 0 Å². The third-order valence-corrected chi connectivity index (χ3v) is 4.18. The van der Waals surface area contributed by atoms with Crippen molar-refractivity contribution in [3.63, 3.8) is 0 Å². The van der Waals surface area contributed by atoms with Gasteiger partial charge in [-0.25, -0.2) is 0 Å². The SMILES string of the molecule is CCNCc1cc2ccccc2n1Cc1cccc(Br)c1. The number of rotatable bonds is 5. The Labute approximate surface area is 133 Å². The lowest BCUT2D eigenvalue weighted by molar-refractivity contribution is 0.666. The highest BCUT2D eigenvalue weighted by atomic mass is 79.9. The average Bonchev–Trinajstić information content (AvgIpc) is 2.83. The summed E-state index contributed by atoms with van der Waals surface area (Å²) in [4.78, 5) is 0. The summed E-state index contributed by atoms with van der Waals surface area (Å²) in [6.07, 6.45) is 0. The van der Waals surface area contributed by atoms with Crippen LogP contribution in [0.4, 0.5) is 0 Å². The third kappa shape index (κ3) is 3.20. The number of para-hydroxylation sites is 1. The van der Waals surface area contributed by atoms with Crippen molar-refractivity contribution < 1.29 is 0 Å². The van der Waals surface area contributed by atoms with Crippen molar-refractivity contribution in [1.82, 2.24) is 9.88 Å². The van der Waals surface area contributed by atoms with Gasteiger partial charge in [0, 0.05) is 28.8 Å². The second-order valence-electron chi connectivity index (χ2n) is 5.19. The van der Waals surface area contributed by atoms with Gasteiger partial charge < -0.3 is 9.88 Å². The molecule has 2 nitrogen and oxygen atoms in total. The fourth-order valence-electron chi connectivity index (χ4n) is 2.67. The molecule has 2 aromatic carbocycles. The Morgan fingerprint density at radius 1 is 1.05 bits per heavy atom. The molecule has 1 heterocycles. The molecule has 0 aliphatic rings. The Morgan fingerprint density at radius 2 is 1.90 bits per heavy atom. The molecule has 0 saturated carbocycles. The summed E-state index contributed by atoms with van der Waals surface area (Å²) in [5, 5.41) is 4.74. The maximum absolute atomic E-state index is 3.55. The summed E-state index contributed by atoms with van der Waals surface area (Å²) in [7, 11) is 0. The van der Waals surface area contributed by atoms with Crippen LogP contribution in [0.1, 0.15) is 18.2 Å². The van der Waals surface area contributed by atoms with E-state index >= 15 is 0 Å². The molecule has 0 atom stereocenters. The van der Waals surface area contributed by atoms with E-state index in [1.807, 2.05) is 0 Å². The Morgan fingerprint density at radius 3 is 2.71 bits per heavy atom. The molecule has 3 rings (SSSR count). The minimum absolute atomic E-state index is 0.897. The number of fused-ring (bicyclic) bond motifs is 1. The van der Waals surface area contributed by atoms with Crippen LogP contribution >= 0.6 is 15.9 Å². The van der Waals surface area contributed by atoms with Crippen LogP contribution in [-0.4, -0.2) is 11.1 Å². The van der Waals surface area contributed by atoms with E-state index in [-0.39, 0.29) is 0 Å². The second-order valence-corrected chi connectivity index (χ2v) is 6.11. The van der Waals surface area contributed by atoms with Crippen LogP contribution in [0.15, 0.2) is 59.1 Å². The maximum atomic E-state index is 3.55. The highest BCUT2D eigenvalue weighted by Gasteiger charge is 2.08. The molecule has 0 amide bonds. The molecule has 1 aromatic heterocycles. The van der Waals surface area contributed by atoms with Gasteiger partial charge in [-0.3, -0.25) is 0 Å². The van der Waals surface area contributed by atoms with E-state index in [0.29, 0.717) is 0 Å². The van der Waals surface area contributed by atoms with E-state index in [0.717, 1.165) is 24.1 Å². The zero-order valence-electron chi connectivity index (χ0n) is 12.1. The van der Waals surface area contributed by atoms with E-state index in [1.165, 1.54) is 22.2 Å². The van der Waals surface area contributed by atoms with E-state index in [4.69, 9.17) is 0 Å². The van der Waals surface area contributed by atoms with E-state index in [9.17, 15) is 0 Å². The van der Waals surface area contributed by atoms with Gasteiger partial charge in [-0.1, -0.05) is 53.2 Å². The predicted octanol–water partition coefficient (Wildman–Crippen LogP) is 4.56. The zero-order chi connectivity index (χ0) is 14.7. The number of hydrogen-bond acceptors (Lipinski definition) is 1. The van der Waals surface area contributed by atoms with Crippen molar-refractivity contribution in [3.05, 3.63) is 70.3 Å². The normalized spacial score (nSPS) is 11.1. The molecular formula is C18H19BrN2. The molecule has 0 aliphatic carbocycles. The predicted molar refractivity (Wildman–Crippen MR) is 92.6 cm³/mol. The average molecular weight is 343 g/mol. The van der Waals surface area contributed by atoms with Crippen LogP contribution in [0.5, 0.6) is 0 Å². The molecule has 0 unspecified atom stereocenters. The fraction of sp³-hybridized carbons (Fsp3) is 0.222. The number of nitrogens with zero attached hydrogens (tertiary/aromatic N) is 1. The Kier molecular flexibility index (Phi) is 4.42. The highest BCUT2D eigenvalue weighted by molar-refractivity contribution is 9.10. The molecule has 108 valence electrons. The van der Waals surface area contributed by atoms with Gasteiger partial charge in [-0.15, -0.1) is 0 Å². The van der Waals surface area contributed by atoms with Crippen molar-refractivity contribution in [2.75, 3.05) is 6.54 Å². The summed E-state index contributed by atoms with van der Waals surface area (Å²) in [5.41, 5.74) is 3.94. The highest BCUT2D eigenvalue weighted by Crippen LogP contribution is 2.22. The number of hydrogen-bond donors (Lipinski definition) is 1. The third-order valence-electron chi connectivity index (χ3n) is 3.68. The van der Waals surface area contributed by atoms with E-state index < -0.39 is 0 Å². The van der Waals surface area contributed by atoms with Gasteiger partial charge in [0.15, 0.2) is 0 Å². The van der Waals surface area contributed by atoms with Crippen molar-refractivity contribution in [1.29, 1.82) is 0 Å². The summed E-state index contributed by atoms with van der Waals surface area (Å²) in [6.45, 7) is 4.92. The molecule has 0 saturated heterocycles. The molecule has 0 radical (unpaired) electrons. The molecule has 0 bridgehead atoms. The number of nitrogens with one attached hydrogen (secondary N) is 1. The molecular weight excluding hydrogens is 324 g/mol. The van der Waals surface area contributed by atoms with Gasteiger partial charge in [-0.05, 0) is 41.8 Å². The van der Waals surface area contributed by atoms with Crippen LogP contribution in [0.2, 0.25) is 0 Å². The molecule has 0 aliphatic heterocycles. The smallest absolute Gasteiger partial charge is 0.0486 e. The first kappa shape index (κ1) is 14.4.